The van der Waals surface area contributed by atoms with Gasteiger partial charge in [-0.3, -0.25) is 9.89 Å². The summed E-state index contributed by atoms with van der Waals surface area (Å²) >= 11 is 0. The summed E-state index contributed by atoms with van der Waals surface area (Å²) < 4.78 is 42.5. The number of nitrogens with zero attached hydrogens (tertiary/aromatic N) is 2. The minimum atomic E-state index is -4.14. The molecule has 1 aromatic heterocycles. The van der Waals surface area contributed by atoms with E-state index < -0.39 is 12.7 Å². The summed E-state index contributed by atoms with van der Waals surface area (Å²) in [5, 5.41) is 6.33. The van der Waals surface area contributed by atoms with Crippen LogP contribution in [0, 0.1) is 0 Å². The number of rotatable bonds is 6. The normalized spacial score (nSPS) is 20.0. The minimum absolute atomic E-state index is 0.0150. The largest absolute Gasteiger partial charge is 0.469 e. The van der Waals surface area contributed by atoms with Gasteiger partial charge in [0, 0.05) is 38.6 Å². The van der Waals surface area contributed by atoms with Gasteiger partial charge in [-0.25, -0.2) is 0 Å². The fraction of sp³-hybridized carbons (Fsp3) is 0.667. The molecule has 1 aliphatic heterocycles. The van der Waals surface area contributed by atoms with E-state index in [1.54, 1.807) is 6.26 Å². The fourth-order valence-electron chi connectivity index (χ4n) is 2.59. The van der Waals surface area contributed by atoms with Gasteiger partial charge in [0.2, 0.25) is 0 Å². The SMILES string of the molecule is CCNC(=NCCc1ccco1)NC1CCN(CC(F)(F)F)C1. The molecule has 2 N–H and O–H groups in total. The maximum Gasteiger partial charge on any atom is 0.401 e. The van der Waals surface area contributed by atoms with Crippen molar-refractivity contribution >= 4 is 5.96 Å². The van der Waals surface area contributed by atoms with Crippen LogP contribution in [0.3, 0.4) is 0 Å². The third-order valence-corrected chi connectivity index (χ3v) is 3.57. The van der Waals surface area contributed by atoms with Crippen molar-refractivity contribution in [3.05, 3.63) is 24.2 Å². The molecule has 0 bridgehead atoms. The van der Waals surface area contributed by atoms with Crippen LogP contribution in [-0.2, 0) is 6.42 Å². The summed E-state index contributed by atoms with van der Waals surface area (Å²) in [4.78, 5) is 5.87. The van der Waals surface area contributed by atoms with Crippen molar-refractivity contribution in [3.63, 3.8) is 0 Å². The quantitative estimate of drug-likeness (QED) is 0.618. The van der Waals surface area contributed by atoms with Gasteiger partial charge in [0.15, 0.2) is 5.96 Å². The first-order valence-electron chi connectivity index (χ1n) is 7.82. The molecule has 1 unspecified atom stereocenters. The molecule has 0 aliphatic carbocycles. The summed E-state index contributed by atoms with van der Waals surface area (Å²) in [6.45, 7) is 3.18. The molecule has 0 radical (unpaired) electrons. The number of alkyl halides is 3. The minimum Gasteiger partial charge on any atom is -0.469 e. The van der Waals surface area contributed by atoms with Crippen LogP contribution in [-0.4, -0.2) is 55.8 Å². The Morgan fingerprint density at radius 1 is 1.48 bits per heavy atom. The lowest BCUT2D eigenvalue weighted by atomic mass is 10.3. The van der Waals surface area contributed by atoms with Gasteiger partial charge in [0.05, 0.1) is 12.8 Å². The van der Waals surface area contributed by atoms with Gasteiger partial charge in [0.1, 0.15) is 5.76 Å². The highest BCUT2D eigenvalue weighted by atomic mass is 19.4. The van der Waals surface area contributed by atoms with Crippen LogP contribution in [0.5, 0.6) is 0 Å². The van der Waals surface area contributed by atoms with E-state index in [2.05, 4.69) is 15.6 Å². The van der Waals surface area contributed by atoms with E-state index in [-0.39, 0.29) is 6.04 Å². The lowest BCUT2D eigenvalue weighted by Crippen LogP contribution is -2.45. The summed E-state index contributed by atoms with van der Waals surface area (Å²) in [5.74, 6) is 1.50. The Morgan fingerprint density at radius 2 is 2.30 bits per heavy atom. The smallest absolute Gasteiger partial charge is 0.401 e. The van der Waals surface area contributed by atoms with Crippen molar-refractivity contribution in [2.45, 2.75) is 32.0 Å². The summed E-state index contributed by atoms with van der Waals surface area (Å²) in [6.07, 6.45) is -1.15. The second-order valence-electron chi connectivity index (χ2n) is 5.57. The standard InChI is InChI=1S/C15H23F3N4O/c1-2-19-14(20-7-5-13-4-3-9-23-13)21-12-6-8-22(10-12)11-15(16,17)18/h3-4,9,12H,2,5-8,10-11H2,1H3,(H2,19,20,21). The number of aliphatic imine (C=N–C) groups is 1. The van der Waals surface area contributed by atoms with Crippen LogP contribution in [0.25, 0.3) is 0 Å². The molecule has 5 nitrogen and oxygen atoms in total. The van der Waals surface area contributed by atoms with Crippen molar-refractivity contribution in [1.82, 2.24) is 15.5 Å². The van der Waals surface area contributed by atoms with Gasteiger partial charge in [-0.05, 0) is 25.5 Å². The molecule has 2 heterocycles. The predicted octanol–water partition coefficient (Wildman–Crippen LogP) is 2.01. The molecule has 0 saturated carbocycles. The van der Waals surface area contributed by atoms with Crippen molar-refractivity contribution in [3.8, 4) is 0 Å². The van der Waals surface area contributed by atoms with Gasteiger partial charge in [-0.15, -0.1) is 0 Å². The first kappa shape index (κ1) is 17.7. The Labute approximate surface area is 133 Å². The van der Waals surface area contributed by atoms with Crippen molar-refractivity contribution in [1.29, 1.82) is 0 Å². The zero-order valence-corrected chi connectivity index (χ0v) is 13.2. The van der Waals surface area contributed by atoms with Crippen molar-refractivity contribution in [2.75, 3.05) is 32.7 Å². The lowest BCUT2D eigenvalue weighted by Gasteiger charge is -2.19. The Hall–Kier alpha value is -1.70. The first-order valence-corrected chi connectivity index (χ1v) is 7.82. The molecule has 1 aliphatic rings. The van der Waals surface area contributed by atoms with Gasteiger partial charge in [0.25, 0.3) is 0 Å². The van der Waals surface area contributed by atoms with Crippen LogP contribution < -0.4 is 10.6 Å². The van der Waals surface area contributed by atoms with Gasteiger partial charge < -0.3 is 15.1 Å². The highest BCUT2D eigenvalue weighted by Crippen LogP contribution is 2.19. The number of halogens is 3. The number of furan rings is 1. The lowest BCUT2D eigenvalue weighted by molar-refractivity contribution is -0.143. The Balaban J connectivity index is 1.79. The van der Waals surface area contributed by atoms with Crippen LogP contribution in [0.4, 0.5) is 13.2 Å². The molecule has 1 aromatic rings. The Bertz CT molecular complexity index is 487. The van der Waals surface area contributed by atoms with E-state index in [1.165, 1.54) is 4.90 Å². The average molecular weight is 332 g/mol. The molecule has 0 spiro atoms. The average Bonchev–Trinajstić information content (AvgIpc) is 3.09. The van der Waals surface area contributed by atoms with Crippen LogP contribution >= 0.6 is 0 Å². The predicted molar refractivity (Wildman–Crippen MR) is 82.4 cm³/mol. The molecule has 130 valence electrons. The molecular formula is C15H23F3N4O. The van der Waals surface area contributed by atoms with E-state index in [0.29, 0.717) is 45.0 Å². The van der Waals surface area contributed by atoms with E-state index >= 15 is 0 Å². The van der Waals surface area contributed by atoms with Gasteiger partial charge >= 0.3 is 6.18 Å². The van der Waals surface area contributed by atoms with Crippen molar-refractivity contribution in [2.24, 2.45) is 4.99 Å². The second-order valence-corrected chi connectivity index (χ2v) is 5.57. The summed E-state index contributed by atoms with van der Waals surface area (Å²) in [6, 6.07) is 3.71. The number of nitrogens with one attached hydrogen (secondary N) is 2. The zero-order valence-electron chi connectivity index (χ0n) is 13.2. The molecule has 8 heteroatoms. The fourth-order valence-corrected chi connectivity index (χ4v) is 2.59. The monoisotopic (exact) mass is 332 g/mol. The summed E-state index contributed by atoms with van der Waals surface area (Å²) in [7, 11) is 0. The molecule has 0 amide bonds. The zero-order chi connectivity index (χ0) is 16.7. The summed E-state index contributed by atoms with van der Waals surface area (Å²) in [5.41, 5.74) is 0. The molecule has 1 fully saturated rings. The highest BCUT2D eigenvalue weighted by molar-refractivity contribution is 5.80. The first-order chi connectivity index (χ1) is 11.0. The maximum absolute atomic E-state index is 12.4. The molecule has 2 rings (SSSR count). The van der Waals surface area contributed by atoms with E-state index in [4.69, 9.17) is 4.42 Å². The number of hydrogen-bond donors (Lipinski definition) is 2. The van der Waals surface area contributed by atoms with Gasteiger partial charge in [-0.2, -0.15) is 13.2 Å². The van der Waals surface area contributed by atoms with Gasteiger partial charge in [-0.1, -0.05) is 0 Å². The van der Waals surface area contributed by atoms with Crippen LogP contribution in [0.2, 0.25) is 0 Å². The molecule has 23 heavy (non-hydrogen) atoms. The van der Waals surface area contributed by atoms with Crippen molar-refractivity contribution < 1.29 is 17.6 Å². The molecule has 0 aromatic carbocycles. The molecule has 1 saturated heterocycles. The number of guanidine groups is 1. The third kappa shape index (κ3) is 6.52. The second kappa shape index (κ2) is 8.24. The van der Waals surface area contributed by atoms with Crippen LogP contribution in [0.15, 0.2) is 27.8 Å². The molecule has 1 atom stereocenters. The highest BCUT2D eigenvalue weighted by Gasteiger charge is 2.34. The Morgan fingerprint density at radius 3 is 2.96 bits per heavy atom. The third-order valence-electron chi connectivity index (χ3n) is 3.57. The van der Waals surface area contributed by atoms with E-state index in [9.17, 15) is 13.2 Å². The van der Waals surface area contributed by atoms with E-state index in [0.717, 1.165) is 5.76 Å². The number of hydrogen-bond acceptors (Lipinski definition) is 3. The number of likely N-dealkylation sites (tertiary alicyclic amines) is 1. The van der Waals surface area contributed by atoms with E-state index in [1.807, 2.05) is 19.1 Å². The molecular weight excluding hydrogens is 309 g/mol. The topological polar surface area (TPSA) is 52.8 Å². The maximum atomic E-state index is 12.4. The Kier molecular flexibility index (Phi) is 6.32. The van der Waals surface area contributed by atoms with Crippen LogP contribution in [0.1, 0.15) is 19.1 Å².